The van der Waals surface area contributed by atoms with Crippen LogP contribution in [-0.2, 0) is 47.6 Å². The highest BCUT2D eigenvalue weighted by Crippen LogP contribution is 2.37. The van der Waals surface area contributed by atoms with E-state index in [0.717, 1.165) is 77.4 Å². The lowest BCUT2D eigenvalue weighted by Gasteiger charge is -2.38. The van der Waals surface area contributed by atoms with Crippen LogP contribution in [0, 0.1) is 23.7 Å². The zero-order valence-corrected chi connectivity index (χ0v) is 41.5. The molecule has 5 aliphatic carbocycles. The molecule has 4 unspecified atom stereocenters. The number of hydrogen-bond acceptors (Lipinski definition) is 10. The first kappa shape index (κ1) is 55.5. The molecule has 5 saturated carbocycles. The highest BCUT2D eigenvalue weighted by Gasteiger charge is 2.51. The average molecular weight is 955 g/mol. The summed E-state index contributed by atoms with van der Waals surface area (Å²) in [6, 6.07) is 0. The average Bonchev–Trinajstić information content (AvgIpc) is 3.34. The summed E-state index contributed by atoms with van der Waals surface area (Å²) < 4.78 is 80.1. The second kappa shape index (κ2) is 31.0. The molecule has 0 radical (unpaired) electrons. The molecular weight excluding hydrogens is 866 g/mol. The van der Waals surface area contributed by atoms with Crippen molar-refractivity contribution in [3.8, 4) is 0 Å². The van der Waals surface area contributed by atoms with Crippen molar-refractivity contribution in [2.45, 2.75) is 281 Å². The quantitative estimate of drug-likeness (QED) is 0.0425. The fourth-order valence-electron chi connectivity index (χ4n) is 11.0. The van der Waals surface area contributed by atoms with E-state index in [0.29, 0.717) is 51.4 Å². The minimum Gasteiger partial charge on any atom is -0.462 e. The molecule has 5 rings (SSSR count). The van der Waals surface area contributed by atoms with Crippen LogP contribution >= 0.6 is 0 Å². The first-order valence-corrected chi connectivity index (χ1v) is 27.5. The molecule has 0 aliphatic heterocycles. The molecule has 0 heterocycles. The maximum absolute atomic E-state index is 15.1. The molecule has 5 aliphatic rings. The van der Waals surface area contributed by atoms with Gasteiger partial charge in [0.25, 0.3) is 0 Å². The van der Waals surface area contributed by atoms with E-state index >= 15 is 8.78 Å². The van der Waals surface area contributed by atoms with Gasteiger partial charge in [-0.1, -0.05) is 104 Å². The Kier molecular flexibility index (Phi) is 25.7. The Bertz CT molecular complexity index is 1300. The van der Waals surface area contributed by atoms with Crippen molar-refractivity contribution in [1.82, 2.24) is 0 Å². The monoisotopic (exact) mass is 955 g/mol. The van der Waals surface area contributed by atoms with Crippen molar-refractivity contribution in [2.24, 2.45) is 23.7 Å². The molecule has 13 heteroatoms. The van der Waals surface area contributed by atoms with Gasteiger partial charge < -0.3 is 28.4 Å². The van der Waals surface area contributed by atoms with Gasteiger partial charge in [-0.15, -0.1) is 0 Å². The topological polar surface area (TPSA) is 124 Å². The molecule has 0 aromatic rings. The standard InChI is InChI=1S/C54H89F3O10/c1-3-5-7-9-11-13-15-17-35-62-42-27-19-38(20-28-42)51(58)64-44-31-23-40(24-32-44)53(60)66-46-37-47(49(56)50(57)48(46)55)67-54(61)41-25-33-45(34-26-41)65-52(59)39-21-29-43(30-22-39)63-36-18-16-14-12-10-8-6-4-2/h38-50H,3-37H2,1-2H3. The molecule has 4 atom stereocenters. The van der Waals surface area contributed by atoms with Crippen molar-refractivity contribution in [3.05, 3.63) is 0 Å². The Morgan fingerprint density at radius 1 is 0.343 bits per heavy atom. The van der Waals surface area contributed by atoms with Crippen molar-refractivity contribution in [2.75, 3.05) is 13.2 Å². The van der Waals surface area contributed by atoms with Gasteiger partial charge in [0.2, 0.25) is 0 Å². The van der Waals surface area contributed by atoms with Crippen LogP contribution in [0.2, 0.25) is 0 Å². The predicted octanol–water partition coefficient (Wildman–Crippen LogP) is 12.9. The number of ether oxygens (including phenoxy) is 6. The Morgan fingerprint density at radius 3 is 0.925 bits per heavy atom. The summed E-state index contributed by atoms with van der Waals surface area (Å²) >= 11 is 0. The maximum atomic E-state index is 15.1. The molecule has 0 aromatic carbocycles. The fraction of sp³-hybridized carbons (Fsp3) is 0.926. The first-order valence-electron chi connectivity index (χ1n) is 27.5. The van der Waals surface area contributed by atoms with Crippen LogP contribution < -0.4 is 0 Å². The third kappa shape index (κ3) is 19.4. The van der Waals surface area contributed by atoms with Gasteiger partial charge in [-0.3, -0.25) is 19.2 Å². The third-order valence-corrected chi connectivity index (χ3v) is 15.6. The van der Waals surface area contributed by atoms with Crippen LogP contribution in [0.25, 0.3) is 0 Å². The Morgan fingerprint density at radius 2 is 0.612 bits per heavy atom. The van der Waals surface area contributed by atoms with Crippen LogP contribution in [0.1, 0.15) is 226 Å². The van der Waals surface area contributed by atoms with E-state index < -0.39 is 60.9 Å². The number of carbonyl (C=O) groups is 4. The SMILES string of the molecule is CCCCCCCCCCOC1CCC(C(=O)OC2CCC(C(=O)OC3CC(OC(=O)C4CCC(OC(=O)C5CCC(OCCCCCCCCCC)CC5)CC4)C(F)C(F)C3F)CC2)CC1. The molecule has 0 spiro atoms. The predicted molar refractivity (Wildman–Crippen MR) is 251 cm³/mol. The summed E-state index contributed by atoms with van der Waals surface area (Å²) in [5, 5.41) is 0. The van der Waals surface area contributed by atoms with E-state index in [9.17, 15) is 23.6 Å². The maximum Gasteiger partial charge on any atom is 0.309 e. The Hall–Kier alpha value is -2.41. The van der Waals surface area contributed by atoms with Gasteiger partial charge in [0.15, 0.2) is 18.5 Å². The molecule has 5 fully saturated rings. The Balaban J connectivity index is 0.917. The number of unbranched alkanes of at least 4 members (excludes halogenated alkanes) is 14. The lowest BCUT2D eigenvalue weighted by atomic mass is 9.85. The fourth-order valence-corrected chi connectivity index (χ4v) is 11.0. The molecule has 0 aromatic heterocycles. The van der Waals surface area contributed by atoms with Gasteiger partial charge in [0.1, 0.15) is 24.4 Å². The van der Waals surface area contributed by atoms with Crippen molar-refractivity contribution >= 4 is 23.9 Å². The second-order valence-electron chi connectivity index (χ2n) is 21.0. The van der Waals surface area contributed by atoms with E-state index in [1.165, 1.54) is 89.9 Å². The first-order chi connectivity index (χ1) is 32.6. The van der Waals surface area contributed by atoms with Gasteiger partial charge in [-0.05, 0) is 116 Å². The Labute approximate surface area is 401 Å². The third-order valence-electron chi connectivity index (χ3n) is 15.6. The summed E-state index contributed by atoms with van der Waals surface area (Å²) in [7, 11) is 0. The van der Waals surface area contributed by atoms with Gasteiger partial charge in [0, 0.05) is 19.6 Å². The molecule has 0 amide bonds. The van der Waals surface area contributed by atoms with Crippen LogP contribution in [0.3, 0.4) is 0 Å². The summed E-state index contributed by atoms with van der Waals surface area (Å²) in [6.07, 6.45) is 18.2. The van der Waals surface area contributed by atoms with Crippen LogP contribution in [0.4, 0.5) is 13.2 Å². The molecule has 0 bridgehead atoms. The summed E-state index contributed by atoms with van der Waals surface area (Å²) in [5.74, 6) is -3.35. The lowest BCUT2D eigenvalue weighted by molar-refractivity contribution is -0.184. The lowest BCUT2D eigenvalue weighted by Crippen LogP contribution is -2.53. The van der Waals surface area contributed by atoms with Crippen molar-refractivity contribution < 1.29 is 60.8 Å². The number of esters is 4. The van der Waals surface area contributed by atoms with Crippen LogP contribution in [0.15, 0.2) is 0 Å². The molecule has 67 heavy (non-hydrogen) atoms. The normalized spacial score (nSPS) is 32.5. The molecule has 0 N–H and O–H groups in total. The number of alkyl halides is 3. The van der Waals surface area contributed by atoms with Gasteiger partial charge in [-0.2, -0.15) is 0 Å². The van der Waals surface area contributed by atoms with Gasteiger partial charge >= 0.3 is 23.9 Å². The highest BCUT2D eigenvalue weighted by molar-refractivity contribution is 5.75. The smallest absolute Gasteiger partial charge is 0.309 e. The van der Waals surface area contributed by atoms with E-state index in [-0.39, 0.29) is 48.2 Å². The summed E-state index contributed by atoms with van der Waals surface area (Å²) in [4.78, 5) is 52.5. The van der Waals surface area contributed by atoms with E-state index in [4.69, 9.17) is 28.4 Å². The van der Waals surface area contributed by atoms with Crippen LogP contribution in [0.5, 0.6) is 0 Å². The number of rotatable bonds is 28. The minimum atomic E-state index is -2.62. The van der Waals surface area contributed by atoms with E-state index in [2.05, 4.69) is 13.8 Å². The van der Waals surface area contributed by atoms with Gasteiger partial charge in [-0.25, -0.2) is 13.2 Å². The van der Waals surface area contributed by atoms with E-state index in [1.807, 2.05) is 0 Å². The molecule has 10 nitrogen and oxygen atoms in total. The van der Waals surface area contributed by atoms with Crippen molar-refractivity contribution in [1.29, 1.82) is 0 Å². The summed E-state index contributed by atoms with van der Waals surface area (Å²) in [6.45, 7) is 6.01. The molecule has 0 saturated heterocycles. The highest BCUT2D eigenvalue weighted by atomic mass is 19.2. The zero-order valence-electron chi connectivity index (χ0n) is 41.5. The van der Waals surface area contributed by atoms with Crippen molar-refractivity contribution in [3.63, 3.8) is 0 Å². The number of hydrogen-bond donors (Lipinski definition) is 0. The van der Waals surface area contributed by atoms with Gasteiger partial charge in [0.05, 0.1) is 35.9 Å². The largest absolute Gasteiger partial charge is 0.462 e. The molecule has 386 valence electrons. The minimum absolute atomic E-state index is 0.164. The number of carbonyl (C=O) groups excluding carboxylic acids is 4. The second-order valence-corrected chi connectivity index (χ2v) is 21.0. The van der Waals surface area contributed by atoms with E-state index in [1.54, 1.807) is 0 Å². The number of halogens is 3. The molecular formula is C54H89F3O10. The van der Waals surface area contributed by atoms with Crippen LogP contribution in [-0.4, -0.2) is 92.2 Å². The summed E-state index contributed by atoms with van der Waals surface area (Å²) in [5.41, 5.74) is 0. The zero-order chi connectivity index (χ0) is 47.8.